The van der Waals surface area contributed by atoms with Crippen molar-refractivity contribution in [2.45, 2.75) is 32.1 Å². The van der Waals surface area contributed by atoms with Crippen LogP contribution in [0.25, 0.3) is 22.4 Å². The van der Waals surface area contributed by atoms with Crippen LogP contribution in [0.3, 0.4) is 0 Å². The van der Waals surface area contributed by atoms with E-state index >= 15 is 0 Å². The lowest BCUT2D eigenvalue weighted by Crippen LogP contribution is -2.15. The summed E-state index contributed by atoms with van der Waals surface area (Å²) in [5, 5.41) is 16.2. The van der Waals surface area contributed by atoms with Gasteiger partial charge in [0.15, 0.2) is 0 Å². The second kappa shape index (κ2) is 5.53. The van der Waals surface area contributed by atoms with E-state index in [1.807, 2.05) is 6.07 Å². The van der Waals surface area contributed by atoms with Crippen LogP contribution in [0.15, 0.2) is 29.1 Å². The third kappa shape index (κ3) is 2.72. The lowest BCUT2D eigenvalue weighted by molar-refractivity contribution is 0.295. The standard InChI is InChI=1S/C17H18N4O2/c22-12-6-7-14-15(9-12)19-16(18-14)13-8-11(20-21-17(13)23)5-4-10-2-1-3-10/h6-10,22H,1-5H2,(H,18,19)(H,21,23). The summed E-state index contributed by atoms with van der Waals surface area (Å²) >= 11 is 0. The molecule has 1 aliphatic rings. The van der Waals surface area contributed by atoms with E-state index in [-0.39, 0.29) is 11.3 Å². The molecule has 0 amide bonds. The number of fused-ring (bicyclic) bond motifs is 1. The molecule has 1 aromatic carbocycles. The van der Waals surface area contributed by atoms with Crippen molar-refractivity contribution < 1.29 is 5.11 Å². The van der Waals surface area contributed by atoms with Crippen LogP contribution in [-0.4, -0.2) is 25.3 Å². The Labute approximate surface area is 132 Å². The summed E-state index contributed by atoms with van der Waals surface area (Å²) in [6.45, 7) is 0. The number of nitrogens with one attached hydrogen (secondary N) is 2. The molecule has 0 spiro atoms. The number of phenols is 1. The molecule has 1 aliphatic carbocycles. The van der Waals surface area contributed by atoms with E-state index in [1.165, 1.54) is 19.3 Å². The maximum Gasteiger partial charge on any atom is 0.275 e. The van der Waals surface area contributed by atoms with Crippen molar-refractivity contribution in [3.8, 4) is 17.1 Å². The average Bonchev–Trinajstić information content (AvgIpc) is 2.90. The Bertz CT molecular complexity index is 908. The van der Waals surface area contributed by atoms with Crippen molar-refractivity contribution in [2.24, 2.45) is 5.92 Å². The number of phenolic OH excluding ortho intramolecular Hbond substituents is 1. The Morgan fingerprint density at radius 3 is 2.91 bits per heavy atom. The summed E-state index contributed by atoms with van der Waals surface area (Å²) in [6.07, 6.45) is 5.94. The summed E-state index contributed by atoms with van der Waals surface area (Å²) in [5.41, 5.74) is 2.52. The minimum absolute atomic E-state index is 0.164. The molecule has 6 heteroatoms. The van der Waals surface area contributed by atoms with E-state index in [2.05, 4.69) is 20.2 Å². The lowest BCUT2D eigenvalue weighted by Gasteiger charge is -2.24. The first-order valence-electron chi connectivity index (χ1n) is 7.97. The van der Waals surface area contributed by atoms with E-state index < -0.39 is 0 Å². The predicted molar refractivity (Wildman–Crippen MR) is 87.3 cm³/mol. The Kier molecular flexibility index (Phi) is 3.37. The fourth-order valence-electron chi connectivity index (χ4n) is 3.01. The Morgan fingerprint density at radius 1 is 1.26 bits per heavy atom. The van der Waals surface area contributed by atoms with Crippen LogP contribution in [0.4, 0.5) is 0 Å². The number of rotatable bonds is 4. The molecule has 3 aromatic rings. The van der Waals surface area contributed by atoms with Crippen LogP contribution in [0.2, 0.25) is 0 Å². The number of aromatic amines is 2. The fourth-order valence-corrected chi connectivity index (χ4v) is 3.01. The number of aryl methyl sites for hydroxylation is 1. The molecule has 2 aromatic heterocycles. The van der Waals surface area contributed by atoms with Gasteiger partial charge in [0.2, 0.25) is 0 Å². The third-order valence-electron chi connectivity index (χ3n) is 4.61. The van der Waals surface area contributed by atoms with Crippen LogP contribution < -0.4 is 5.56 Å². The molecule has 23 heavy (non-hydrogen) atoms. The maximum absolute atomic E-state index is 12.1. The molecule has 0 radical (unpaired) electrons. The molecule has 4 rings (SSSR count). The molecule has 0 bridgehead atoms. The highest BCUT2D eigenvalue weighted by Gasteiger charge is 2.18. The van der Waals surface area contributed by atoms with E-state index in [4.69, 9.17) is 0 Å². The monoisotopic (exact) mass is 310 g/mol. The van der Waals surface area contributed by atoms with Crippen molar-refractivity contribution in [2.75, 3.05) is 0 Å². The number of aromatic nitrogens is 4. The molecular formula is C17H18N4O2. The summed E-state index contributed by atoms with van der Waals surface area (Å²) in [6, 6.07) is 6.71. The second-order valence-corrected chi connectivity index (χ2v) is 6.22. The van der Waals surface area contributed by atoms with Gasteiger partial charge >= 0.3 is 0 Å². The van der Waals surface area contributed by atoms with Crippen molar-refractivity contribution in [3.05, 3.63) is 40.3 Å². The highest BCUT2D eigenvalue weighted by atomic mass is 16.3. The number of nitrogens with zero attached hydrogens (tertiary/aromatic N) is 2. The predicted octanol–water partition coefficient (Wildman–Crippen LogP) is 2.75. The molecule has 0 saturated heterocycles. The zero-order valence-electron chi connectivity index (χ0n) is 12.7. The summed E-state index contributed by atoms with van der Waals surface area (Å²) in [5.74, 6) is 1.47. The SMILES string of the molecule is O=c1[nH]nc(CCC2CCC2)cc1-c1nc2ccc(O)cc2[nH]1. The van der Waals surface area contributed by atoms with Crippen LogP contribution in [0.1, 0.15) is 31.4 Å². The van der Waals surface area contributed by atoms with Gasteiger partial charge < -0.3 is 10.1 Å². The minimum Gasteiger partial charge on any atom is -0.508 e. The molecule has 0 aliphatic heterocycles. The van der Waals surface area contributed by atoms with Crippen molar-refractivity contribution in [1.82, 2.24) is 20.2 Å². The van der Waals surface area contributed by atoms with Gasteiger partial charge in [-0.3, -0.25) is 4.79 Å². The Balaban J connectivity index is 1.66. The normalized spacial score (nSPS) is 15.0. The first kappa shape index (κ1) is 14.0. The molecule has 1 fully saturated rings. The van der Waals surface area contributed by atoms with E-state index in [0.29, 0.717) is 22.4 Å². The van der Waals surface area contributed by atoms with Gasteiger partial charge in [0.05, 0.1) is 22.3 Å². The van der Waals surface area contributed by atoms with Crippen LogP contribution >= 0.6 is 0 Å². The van der Waals surface area contributed by atoms with E-state index in [9.17, 15) is 9.90 Å². The fraction of sp³-hybridized carbons (Fsp3) is 0.353. The molecule has 0 atom stereocenters. The summed E-state index contributed by atoms with van der Waals surface area (Å²) in [7, 11) is 0. The van der Waals surface area contributed by atoms with Crippen LogP contribution in [0.5, 0.6) is 5.75 Å². The van der Waals surface area contributed by atoms with Gasteiger partial charge in [0.25, 0.3) is 5.56 Å². The van der Waals surface area contributed by atoms with Crippen molar-refractivity contribution in [1.29, 1.82) is 0 Å². The number of imidazole rings is 1. The molecule has 1 saturated carbocycles. The van der Waals surface area contributed by atoms with Crippen molar-refractivity contribution >= 4 is 11.0 Å². The summed E-state index contributed by atoms with van der Waals surface area (Å²) < 4.78 is 0. The quantitative estimate of drug-likeness (QED) is 0.690. The highest BCUT2D eigenvalue weighted by Crippen LogP contribution is 2.30. The number of H-pyrrole nitrogens is 2. The van der Waals surface area contributed by atoms with Crippen LogP contribution in [0, 0.1) is 5.92 Å². The molecular weight excluding hydrogens is 292 g/mol. The average molecular weight is 310 g/mol. The molecule has 2 heterocycles. The number of hydrogen-bond donors (Lipinski definition) is 3. The van der Waals surface area contributed by atoms with E-state index in [1.54, 1.807) is 18.2 Å². The summed E-state index contributed by atoms with van der Waals surface area (Å²) in [4.78, 5) is 19.6. The second-order valence-electron chi connectivity index (χ2n) is 6.22. The minimum atomic E-state index is -0.263. The zero-order chi connectivity index (χ0) is 15.8. The first-order chi connectivity index (χ1) is 11.2. The van der Waals surface area contributed by atoms with E-state index in [0.717, 1.165) is 24.5 Å². The number of aromatic hydroxyl groups is 1. The maximum atomic E-state index is 12.1. The Hall–Kier alpha value is -2.63. The largest absolute Gasteiger partial charge is 0.508 e. The number of hydrogen-bond acceptors (Lipinski definition) is 4. The first-order valence-corrected chi connectivity index (χ1v) is 7.97. The van der Waals surface area contributed by atoms with Crippen molar-refractivity contribution in [3.63, 3.8) is 0 Å². The van der Waals surface area contributed by atoms with Gasteiger partial charge in [-0.25, -0.2) is 10.1 Å². The molecule has 0 unspecified atom stereocenters. The topological polar surface area (TPSA) is 94.7 Å². The third-order valence-corrected chi connectivity index (χ3v) is 4.61. The smallest absolute Gasteiger partial charge is 0.275 e. The highest BCUT2D eigenvalue weighted by molar-refractivity contribution is 5.80. The number of benzene rings is 1. The van der Waals surface area contributed by atoms with Gasteiger partial charge in [-0.1, -0.05) is 19.3 Å². The lowest BCUT2D eigenvalue weighted by atomic mass is 9.82. The Morgan fingerprint density at radius 2 is 2.13 bits per heavy atom. The molecule has 6 nitrogen and oxygen atoms in total. The zero-order valence-corrected chi connectivity index (χ0v) is 12.7. The van der Waals surface area contributed by atoms with Gasteiger partial charge in [0.1, 0.15) is 11.6 Å². The van der Waals surface area contributed by atoms with Crippen LogP contribution in [-0.2, 0) is 6.42 Å². The van der Waals surface area contributed by atoms with Gasteiger partial charge in [-0.05, 0) is 37.0 Å². The molecule has 118 valence electrons. The van der Waals surface area contributed by atoms with Gasteiger partial charge in [-0.2, -0.15) is 5.10 Å². The van der Waals surface area contributed by atoms with Gasteiger partial charge in [-0.15, -0.1) is 0 Å². The molecule has 3 N–H and O–H groups in total. The van der Waals surface area contributed by atoms with Gasteiger partial charge in [0, 0.05) is 6.07 Å².